The van der Waals surface area contributed by atoms with Crippen molar-refractivity contribution >= 4 is 27.3 Å². The van der Waals surface area contributed by atoms with Gasteiger partial charge in [-0.2, -0.15) is 0 Å². The summed E-state index contributed by atoms with van der Waals surface area (Å²) in [5.41, 5.74) is 0.308. The third-order valence-corrected chi connectivity index (χ3v) is 4.57. The number of likely N-dealkylation sites (N-methyl/N-ethyl adjacent to an activating group) is 1. The highest BCUT2D eigenvalue weighted by atomic mass is 32.2. The number of rotatable bonds is 5. The van der Waals surface area contributed by atoms with Crippen LogP contribution in [0, 0.1) is 0 Å². The van der Waals surface area contributed by atoms with Crippen LogP contribution in [0.1, 0.15) is 17.3 Å². The summed E-state index contributed by atoms with van der Waals surface area (Å²) in [6.45, 7) is 2.39. The first-order valence-corrected chi connectivity index (χ1v) is 7.34. The van der Waals surface area contributed by atoms with Crippen LogP contribution < -0.4 is 15.8 Å². The van der Waals surface area contributed by atoms with Crippen LogP contribution in [0.3, 0.4) is 0 Å². The van der Waals surface area contributed by atoms with E-state index in [9.17, 15) is 13.2 Å². The van der Waals surface area contributed by atoms with Crippen LogP contribution in [0.5, 0.6) is 0 Å². The Balaban J connectivity index is 2.68. The lowest BCUT2D eigenvalue weighted by molar-refractivity contribution is 0.0951. The number of carbonyl (C=O) groups excluding carboxylic acids is 1. The highest BCUT2D eigenvalue weighted by Crippen LogP contribution is 2.18. The lowest BCUT2D eigenvalue weighted by Gasteiger charge is -2.10. The normalized spacial score (nSPS) is 13.4. The maximum atomic E-state index is 11.6. The molecule has 0 aromatic carbocycles. The van der Waals surface area contributed by atoms with Crippen molar-refractivity contribution in [3.05, 3.63) is 17.0 Å². The van der Waals surface area contributed by atoms with E-state index in [0.29, 0.717) is 12.1 Å². The van der Waals surface area contributed by atoms with Gasteiger partial charge >= 0.3 is 0 Å². The average Bonchev–Trinajstić information content (AvgIpc) is 2.74. The molecular formula is C9H15N3O3S2. The maximum Gasteiger partial charge on any atom is 0.252 e. The number of thiophene rings is 1. The summed E-state index contributed by atoms with van der Waals surface area (Å²) in [7, 11) is -1.93. The van der Waals surface area contributed by atoms with Crippen LogP contribution in [-0.4, -0.2) is 34.0 Å². The van der Waals surface area contributed by atoms with Gasteiger partial charge < -0.3 is 10.6 Å². The van der Waals surface area contributed by atoms with E-state index >= 15 is 0 Å². The van der Waals surface area contributed by atoms with Crippen LogP contribution in [0.4, 0.5) is 0 Å². The highest BCUT2D eigenvalue weighted by molar-refractivity contribution is 7.91. The monoisotopic (exact) mass is 277 g/mol. The van der Waals surface area contributed by atoms with Crippen molar-refractivity contribution in [1.29, 1.82) is 0 Å². The van der Waals surface area contributed by atoms with E-state index in [4.69, 9.17) is 5.14 Å². The van der Waals surface area contributed by atoms with Crippen molar-refractivity contribution in [2.45, 2.75) is 17.2 Å². The van der Waals surface area contributed by atoms with E-state index in [-0.39, 0.29) is 16.2 Å². The van der Waals surface area contributed by atoms with Gasteiger partial charge in [0, 0.05) is 18.0 Å². The second kappa shape index (κ2) is 5.58. The molecule has 1 aromatic rings. The van der Waals surface area contributed by atoms with Crippen LogP contribution in [-0.2, 0) is 10.0 Å². The largest absolute Gasteiger partial charge is 0.350 e. The minimum atomic E-state index is -3.73. The van der Waals surface area contributed by atoms with Gasteiger partial charge in [-0.3, -0.25) is 4.79 Å². The summed E-state index contributed by atoms with van der Waals surface area (Å²) in [6.07, 6.45) is 0. The highest BCUT2D eigenvalue weighted by Gasteiger charge is 2.15. The van der Waals surface area contributed by atoms with Crippen molar-refractivity contribution < 1.29 is 13.2 Å². The summed E-state index contributed by atoms with van der Waals surface area (Å²) in [4.78, 5) is 11.6. The number of sulfonamides is 1. The number of hydrogen-bond donors (Lipinski definition) is 3. The van der Waals surface area contributed by atoms with E-state index in [2.05, 4.69) is 10.6 Å². The first-order chi connectivity index (χ1) is 7.84. The van der Waals surface area contributed by atoms with E-state index in [1.165, 1.54) is 11.4 Å². The summed E-state index contributed by atoms with van der Waals surface area (Å²) in [5.74, 6) is -0.307. The molecule has 17 heavy (non-hydrogen) atoms. The topological polar surface area (TPSA) is 101 Å². The molecule has 0 fully saturated rings. The molecule has 1 atom stereocenters. The molecule has 1 heterocycles. The molecule has 0 radical (unpaired) electrons. The molecule has 1 aromatic heterocycles. The third-order valence-electron chi connectivity index (χ3n) is 2.18. The Bertz CT molecular complexity index is 495. The zero-order chi connectivity index (χ0) is 13.1. The zero-order valence-electron chi connectivity index (χ0n) is 9.56. The van der Waals surface area contributed by atoms with Crippen LogP contribution >= 0.6 is 11.3 Å². The Labute approximate surface area is 104 Å². The summed E-state index contributed by atoms with van der Waals surface area (Å²) in [6, 6.07) is 1.43. The van der Waals surface area contributed by atoms with Gasteiger partial charge in [-0.25, -0.2) is 13.6 Å². The quantitative estimate of drug-likeness (QED) is 0.689. The number of nitrogens with two attached hydrogens (primary N) is 1. The Hall–Kier alpha value is -0.960. The van der Waals surface area contributed by atoms with Crippen LogP contribution in [0.2, 0.25) is 0 Å². The molecule has 0 aliphatic carbocycles. The Morgan fingerprint density at radius 2 is 2.24 bits per heavy atom. The fourth-order valence-electron chi connectivity index (χ4n) is 1.03. The number of amides is 1. The lowest BCUT2D eigenvalue weighted by Crippen LogP contribution is -2.37. The van der Waals surface area contributed by atoms with Crippen molar-refractivity contribution in [2.24, 2.45) is 5.14 Å². The second-order valence-corrected chi connectivity index (χ2v) is 6.30. The van der Waals surface area contributed by atoms with Gasteiger partial charge in [0.15, 0.2) is 0 Å². The van der Waals surface area contributed by atoms with Crippen LogP contribution in [0.25, 0.3) is 0 Å². The third kappa shape index (κ3) is 4.08. The molecule has 1 unspecified atom stereocenters. The van der Waals surface area contributed by atoms with Gasteiger partial charge in [0.1, 0.15) is 4.21 Å². The fourth-order valence-corrected chi connectivity index (χ4v) is 2.62. The predicted molar refractivity (Wildman–Crippen MR) is 66.5 cm³/mol. The summed E-state index contributed by atoms with van der Waals surface area (Å²) >= 11 is 0.935. The molecule has 1 amide bonds. The van der Waals surface area contributed by atoms with Crippen LogP contribution in [0.15, 0.2) is 15.7 Å². The van der Waals surface area contributed by atoms with Gasteiger partial charge in [-0.15, -0.1) is 11.3 Å². The van der Waals surface area contributed by atoms with Gasteiger partial charge in [0.25, 0.3) is 5.91 Å². The number of nitrogens with one attached hydrogen (secondary N) is 2. The Kier molecular flexibility index (Phi) is 4.63. The van der Waals surface area contributed by atoms with Crippen molar-refractivity contribution in [3.8, 4) is 0 Å². The molecule has 6 nitrogen and oxygen atoms in total. The molecule has 0 aliphatic heterocycles. The summed E-state index contributed by atoms with van der Waals surface area (Å²) in [5, 5.41) is 12.1. The first-order valence-electron chi connectivity index (χ1n) is 4.91. The standard InChI is InChI=1S/C9H15N3O3S2/c1-6(11-2)4-12-9(13)7-3-8(16-5-7)17(10,14)15/h3,5-6,11H,4H2,1-2H3,(H,12,13)(H2,10,14,15). The van der Waals surface area contributed by atoms with Crippen molar-refractivity contribution in [3.63, 3.8) is 0 Å². The Morgan fingerprint density at radius 1 is 1.59 bits per heavy atom. The molecule has 96 valence electrons. The van der Waals surface area contributed by atoms with Crippen molar-refractivity contribution in [1.82, 2.24) is 10.6 Å². The van der Waals surface area contributed by atoms with E-state index < -0.39 is 10.0 Å². The van der Waals surface area contributed by atoms with Gasteiger partial charge in [0.05, 0.1) is 5.56 Å². The second-order valence-electron chi connectivity index (χ2n) is 3.60. The number of carbonyl (C=O) groups is 1. The first kappa shape index (κ1) is 14.1. The Morgan fingerprint density at radius 3 is 2.71 bits per heavy atom. The molecule has 0 saturated heterocycles. The minimum Gasteiger partial charge on any atom is -0.350 e. The molecule has 4 N–H and O–H groups in total. The van der Waals surface area contributed by atoms with Gasteiger partial charge in [-0.1, -0.05) is 0 Å². The molecule has 0 aliphatic rings. The average molecular weight is 277 g/mol. The molecule has 0 saturated carbocycles. The number of hydrogen-bond acceptors (Lipinski definition) is 5. The molecular weight excluding hydrogens is 262 g/mol. The zero-order valence-corrected chi connectivity index (χ0v) is 11.2. The fraction of sp³-hybridized carbons (Fsp3) is 0.444. The van der Waals surface area contributed by atoms with Gasteiger partial charge in [0.2, 0.25) is 10.0 Å². The molecule has 0 bridgehead atoms. The van der Waals surface area contributed by atoms with E-state index in [1.807, 2.05) is 6.92 Å². The smallest absolute Gasteiger partial charge is 0.252 e. The lowest BCUT2D eigenvalue weighted by atomic mass is 10.3. The maximum absolute atomic E-state index is 11.6. The van der Waals surface area contributed by atoms with E-state index in [0.717, 1.165) is 11.3 Å². The molecule has 1 rings (SSSR count). The van der Waals surface area contributed by atoms with Crippen molar-refractivity contribution in [2.75, 3.05) is 13.6 Å². The van der Waals surface area contributed by atoms with Gasteiger partial charge in [-0.05, 0) is 20.0 Å². The molecule has 8 heteroatoms. The predicted octanol–water partition coefficient (Wildman–Crippen LogP) is -0.267. The van der Waals surface area contributed by atoms with E-state index in [1.54, 1.807) is 7.05 Å². The minimum absolute atomic E-state index is 0.00989. The molecule has 0 spiro atoms. The summed E-state index contributed by atoms with van der Waals surface area (Å²) < 4.78 is 22.0. The number of primary sulfonamides is 1. The SMILES string of the molecule is CNC(C)CNC(=O)c1csc(S(N)(=O)=O)c1.